The second kappa shape index (κ2) is 7.58. The Balaban J connectivity index is 1.91. The van der Waals surface area contributed by atoms with E-state index in [0.29, 0.717) is 5.56 Å². The molecule has 1 heterocycles. The molecule has 0 bridgehead atoms. The number of nitrogens with zero attached hydrogens (tertiary/aromatic N) is 2. The first kappa shape index (κ1) is 17.3. The Hall–Kier alpha value is -3.52. The zero-order chi connectivity index (χ0) is 18.5. The molecular weight excluding hydrogens is 329 g/mol. The van der Waals surface area contributed by atoms with Crippen LogP contribution in [0.25, 0.3) is 11.3 Å². The second-order valence-electron chi connectivity index (χ2n) is 5.75. The molecule has 0 spiro atoms. The van der Waals surface area contributed by atoms with Gasteiger partial charge in [0.05, 0.1) is 11.8 Å². The molecule has 2 aromatic carbocycles. The zero-order valence-corrected chi connectivity index (χ0v) is 14.1. The Morgan fingerprint density at radius 2 is 1.88 bits per heavy atom. The molecule has 26 heavy (non-hydrogen) atoms. The molecule has 0 saturated carbocycles. The molecule has 0 fully saturated rings. The van der Waals surface area contributed by atoms with E-state index in [-0.39, 0.29) is 5.56 Å². The van der Waals surface area contributed by atoms with Crippen molar-refractivity contribution in [2.24, 2.45) is 0 Å². The van der Waals surface area contributed by atoms with Gasteiger partial charge in [0.2, 0.25) is 0 Å². The molecule has 1 unspecified atom stereocenters. The van der Waals surface area contributed by atoms with E-state index in [1.165, 1.54) is 18.2 Å². The summed E-state index contributed by atoms with van der Waals surface area (Å²) in [5, 5.41) is 12.0. The number of halogens is 1. The predicted octanol–water partition coefficient (Wildman–Crippen LogP) is 4.19. The molecule has 0 aliphatic heterocycles. The van der Waals surface area contributed by atoms with Crippen molar-refractivity contribution in [3.63, 3.8) is 0 Å². The lowest BCUT2D eigenvalue weighted by Gasteiger charge is -2.15. The van der Waals surface area contributed by atoms with Crippen molar-refractivity contribution >= 4 is 5.91 Å². The highest BCUT2D eigenvalue weighted by atomic mass is 19.1. The number of carbonyl (C=O) groups excluding carboxylic acids is 1. The summed E-state index contributed by atoms with van der Waals surface area (Å²) in [4.78, 5) is 17.0. The van der Waals surface area contributed by atoms with E-state index >= 15 is 0 Å². The van der Waals surface area contributed by atoms with E-state index in [0.717, 1.165) is 16.8 Å². The van der Waals surface area contributed by atoms with Crippen LogP contribution in [0.3, 0.4) is 0 Å². The van der Waals surface area contributed by atoms with Gasteiger partial charge in [0.1, 0.15) is 11.9 Å². The van der Waals surface area contributed by atoms with Gasteiger partial charge in [0, 0.05) is 22.9 Å². The molecule has 1 aromatic heterocycles. The topological polar surface area (TPSA) is 65.8 Å². The quantitative estimate of drug-likeness (QED) is 0.771. The van der Waals surface area contributed by atoms with Gasteiger partial charge < -0.3 is 5.32 Å². The summed E-state index contributed by atoms with van der Waals surface area (Å²) in [5.74, 6) is -0.964. The lowest BCUT2D eigenvalue weighted by atomic mass is 9.98. The molecule has 5 heteroatoms. The number of nitriles is 1. The van der Waals surface area contributed by atoms with Crippen LogP contribution in [-0.4, -0.2) is 10.9 Å². The van der Waals surface area contributed by atoms with Crippen LogP contribution in [0.2, 0.25) is 0 Å². The van der Waals surface area contributed by atoms with Gasteiger partial charge in [-0.2, -0.15) is 5.26 Å². The number of benzene rings is 2. The van der Waals surface area contributed by atoms with E-state index in [4.69, 9.17) is 0 Å². The summed E-state index contributed by atoms with van der Waals surface area (Å²) < 4.78 is 13.9. The lowest BCUT2D eigenvalue weighted by Crippen LogP contribution is -2.28. The first-order chi connectivity index (χ1) is 12.6. The van der Waals surface area contributed by atoms with Crippen molar-refractivity contribution in [1.29, 1.82) is 5.26 Å². The fourth-order valence-corrected chi connectivity index (χ4v) is 2.78. The number of pyridine rings is 1. The number of carbonyl (C=O) groups is 1. The molecule has 0 aliphatic carbocycles. The van der Waals surface area contributed by atoms with Gasteiger partial charge in [-0.15, -0.1) is 0 Å². The largest absolute Gasteiger partial charge is 0.332 e. The summed E-state index contributed by atoms with van der Waals surface area (Å²) in [7, 11) is 0. The molecule has 0 saturated heterocycles. The van der Waals surface area contributed by atoms with Crippen LogP contribution in [0.15, 0.2) is 66.9 Å². The van der Waals surface area contributed by atoms with Crippen molar-refractivity contribution in [2.45, 2.75) is 13.0 Å². The van der Waals surface area contributed by atoms with Crippen molar-refractivity contribution in [1.82, 2.24) is 10.3 Å². The third-order valence-electron chi connectivity index (χ3n) is 4.14. The number of hydrogen-bond acceptors (Lipinski definition) is 3. The van der Waals surface area contributed by atoms with E-state index in [2.05, 4.69) is 10.3 Å². The highest BCUT2D eigenvalue weighted by molar-refractivity contribution is 5.97. The lowest BCUT2D eigenvalue weighted by molar-refractivity contribution is 0.0944. The summed E-state index contributed by atoms with van der Waals surface area (Å²) in [6.45, 7) is 1.82. The molecule has 128 valence electrons. The second-order valence-corrected chi connectivity index (χ2v) is 5.75. The molecule has 3 aromatic rings. The number of rotatable bonds is 4. The predicted molar refractivity (Wildman–Crippen MR) is 96.6 cm³/mol. The molecule has 4 nitrogen and oxygen atoms in total. The van der Waals surface area contributed by atoms with E-state index < -0.39 is 17.8 Å². The van der Waals surface area contributed by atoms with Gasteiger partial charge in [-0.25, -0.2) is 4.39 Å². The third-order valence-corrected chi connectivity index (χ3v) is 4.14. The SMILES string of the molecule is Cc1c(C(=O)NC(C#N)c2ccccc2F)cccc1-c1ccccn1. The highest BCUT2D eigenvalue weighted by Gasteiger charge is 2.20. The minimum Gasteiger partial charge on any atom is -0.332 e. The molecule has 1 atom stereocenters. The van der Waals surface area contributed by atoms with Crippen molar-refractivity contribution < 1.29 is 9.18 Å². The monoisotopic (exact) mass is 345 g/mol. The first-order valence-electron chi connectivity index (χ1n) is 8.07. The van der Waals surface area contributed by atoms with Crippen molar-refractivity contribution in [3.8, 4) is 17.3 Å². The highest BCUT2D eigenvalue weighted by Crippen LogP contribution is 2.24. The Kier molecular flexibility index (Phi) is 5.04. The molecular formula is C21H16FN3O. The van der Waals surface area contributed by atoms with Gasteiger partial charge in [-0.05, 0) is 36.8 Å². The Bertz CT molecular complexity index is 980. The average molecular weight is 345 g/mol. The Morgan fingerprint density at radius 1 is 1.12 bits per heavy atom. The van der Waals surface area contributed by atoms with E-state index in [1.807, 2.05) is 37.3 Å². The maximum atomic E-state index is 13.9. The number of hydrogen-bond donors (Lipinski definition) is 1. The number of aromatic nitrogens is 1. The summed E-state index contributed by atoms with van der Waals surface area (Å²) in [5.41, 5.74) is 2.89. The van der Waals surface area contributed by atoms with Crippen LogP contribution in [0.5, 0.6) is 0 Å². The summed E-state index contributed by atoms with van der Waals surface area (Å²) in [6, 6.07) is 17.7. The van der Waals surface area contributed by atoms with Crippen LogP contribution in [0, 0.1) is 24.1 Å². The van der Waals surface area contributed by atoms with Gasteiger partial charge in [-0.1, -0.05) is 36.4 Å². The van der Waals surface area contributed by atoms with Crippen LogP contribution in [-0.2, 0) is 0 Å². The first-order valence-corrected chi connectivity index (χ1v) is 8.07. The average Bonchev–Trinajstić information content (AvgIpc) is 2.67. The third kappa shape index (κ3) is 3.45. The van der Waals surface area contributed by atoms with Crippen LogP contribution >= 0.6 is 0 Å². The molecule has 1 N–H and O–H groups in total. The number of nitrogens with one attached hydrogen (secondary N) is 1. The van der Waals surface area contributed by atoms with E-state index in [9.17, 15) is 14.4 Å². The Labute approximate surface area is 150 Å². The maximum absolute atomic E-state index is 13.9. The smallest absolute Gasteiger partial charge is 0.252 e. The minimum atomic E-state index is -1.07. The zero-order valence-electron chi connectivity index (χ0n) is 14.1. The van der Waals surface area contributed by atoms with Crippen LogP contribution in [0.1, 0.15) is 27.5 Å². The number of amides is 1. The van der Waals surface area contributed by atoms with Gasteiger partial charge in [0.25, 0.3) is 5.91 Å². The molecule has 0 radical (unpaired) electrons. The summed E-state index contributed by atoms with van der Waals surface area (Å²) in [6.07, 6.45) is 1.69. The fraction of sp³-hybridized carbons (Fsp3) is 0.0952. The Morgan fingerprint density at radius 3 is 2.58 bits per heavy atom. The standard InChI is InChI=1S/C21H16FN3O/c1-14-15(19-11-4-5-12-24-19)8-6-9-16(14)21(26)25-20(13-23)17-7-2-3-10-18(17)22/h2-12,20H,1H3,(H,25,26). The van der Waals surface area contributed by atoms with Crippen LogP contribution < -0.4 is 5.32 Å². The van der Waals surface area contributed by atoms with E-state index in [1.54, 1.807) is 24.4 Å². The molecule has 3 rings (SSSR count). The van der Waals surface area contributed by atoms with Crippen molar-refractivity contribution in [3.05, 3.63) is 89.4 Å². The normalized spacial score (nSPS) is 11.4. The van der Waals surface area contributed by atoms with Crippen LogP contribution in [0.4, 0.5) is 4.39 Å². The maximum Gasteiger partial charge on any atom is 0.252 e. The molecule has 1 amide bonds. The summed E-state index contributed by atoms with van der Waals surface area (Å²) >= 11 is 0. The molecule has 0 aliphatic rings. The van der Waals surface area contributed by atoms with Gasteiger partial charge in [0.15, 0.2) is 0 Å². The van der Waals surface area contributed by atoms with Crippen molar-refractivity contribution in [2.75, 3.05) is 0 Å². The van der Waals surface area contributed by atoms with Gasteiger partial charge in [-0.3, -0.25) is 9.78 Å². The van der Waals surface area contributed by atoms with Gasteiger partial charge >= 0.3 is 0 Å². The fourth-order valence-electron chi connectivity index (χ4n) is 2.78. The minimum absolute atomic E-state index is 0.141.